The fourth-order valence-electron chi connectivity index (χ4n) is 4.38. The lowest BCUT2D eigenvalue weighted by molar-refractivity contribution is -0.132. The van der Waals surface area contributed by atoms with Gasteiger partial charge in [0, 0.05) is 36.8 Å². The monoisotopic (exact) mass is 468 g/mol. The molecule has 3 aromatic carbocycles. The molecule has 0 saturated carbocycles. The Balaban J connectivity index is 1.27. The molecular formula is C28H25ClN4O. The fraction of sp³-hybridized carbons (Fsp3) is 0.179. The lowest BCUT2D eigenvalue weighted by Crippen LogP contribution is -2.50. The number of hydrogen-bond acceptors (Lipinski definition) is 4. The Morgan fingerprint density at radius 3 is 1.82 bits per heavy atom. The number of piperazine rings is 1. The van der Waals surface area contributed by atoms with E-state index < -0.39 is 0 Å². The lowest BCUT2D eigenvalue weighted by Gasteiger charge is -2.37. The van der Waals surface area contributed by atoms with Crippen LogP contribution < -0.4 is 4.90 Å². The lowest BCUT2D eigenvalue weighted by atomic mass is 9.90. The Kier molecular flexibility index (Phi) is 6.54. The van der Waals surface area contributed by atoms with E-state index in [4.69, 9.17) is 11.6 Å². The molecule has 0 radical (unpaired) electrons. The molecule has 5 nitrogen and oxygen atoms in total. The van der Waals surface area contributed by atoms with Gasteiger partial charge in [0.15, 0.2) is 5.82 Å². The quantitative estimate of drug-likeness (QED) is 0.400. The van der Waals surface area contributed by atoms with E-state index in [0.29, 0.717) is 18.1 Å². The van der Waals surface area contributed by atoms with Gasteiger partial charge in [0.05, 0.1) is 11.6 Å². The van der Waals surface area contributed by atoms with Crippen molar-refractivity contribution in [2.75, 3.05) is 31.1 Å². The molecule has 1 fully saturated rings. The molecule has 4 aromatic rings. The van der Waals surface area contributed by atoms with Crippen LogP contribution in [0.25, 0.3) is 11.3 Å². The van der Waals surface area contributed by atoms with Crippen molar-refractivity contribution in [2.45, 2.75) is 5.92 Å². The summed E-state index contributed by atoms with van der Waals surface area (Å²) in [5.41, 5.74) is 3.82. The molecule has 1 aromatic heterocycles. The minimum absolute atomic E-state index is 0.140. The number of hydrogen-bond donors (Lipinski definition) is 0. The highest BCUT2D eigenvalue weighted by molar-refractivity contribution is 6.30. The van der Waals surface area contributed by atoms with Gasteiger partial charge in [-0.15, -0.1) is 10.2 Å². The van der Waals surface area contributed by atoms with Gasteiger partial charge in [-0.2, -0.15) is 0 Å². The molecule has 2 heterocycles. The summed E-state index contributed by atoms with van der Waals surface area (Å²) in [6, 6.07) is 31.6. The third kappa shape index (κ3) is 4.80. The van der Waals surface area contributed by atoms with E-state index in [2.05, 4.69) is 15.1 Å². The van der Waals surface area contributed by atoms with E-state index in [1.807, 2.05) is 102 Å². The van der Waals surface area contributed by atoms with Crippen molar-refractivity contribution in [3.8, 4) is 11.3 Å². The molecule has 34 heavy (non-hydrogen) atoms. The van der Waals surface area contributed by atoms with E-state index in [1.54, 1.807) is 0 Å². The molecule has 1 saturated heterocycles. The summed E-state index contributed by atoms with van der Waals surface area (Å²) in [5, 5.41) is 9.54. The van der Waals surface area contributed by atoms with Crippen LogP contribution in [-0.2, 0) is 4.79 Å². The second-order valence-corrected chi connectivity index (χ2v) is 8.79. The maximum absolute atomic E-state index is 13.6. The van der Waals surface area contributed by atoms with Crippen molar-refractivity contribution in [3.05, 3.63) is 113 Å². The highest BCUT2D eigenvalue weighted by atomic mass is 35.5. The number of anilines is 1. The van der Waals surface area contributed by atoms with Crippen molar-refractivity contribution in [3.63, 3.8) is 0 Å². The molecule has 170 valence electrons. The summed E-state index contributed by atoms with van der Waals surface area (Å²) in [7, 11) is 0. The van der Waals surface area contributed by atoms with Crippen LogP contribution in [0, 0.1) is 0 Å². The summed E-state index contributed by atoms with van der Waals surface area (Å²) < 4.78 is 0. The van der Waals surface area contributed by atoms with Gasteiger partial charge >= 0.3 is 0 Å². The number of halogens is 1. The molecule has 6 heteroatoms. The maximum Gasteiger partial charge on any atom is 0.234 e. The Hall–Kier alpha value is -3.70. The fourth-order valence-corrected chi connectivity index (χ4v) is 4.50. The third-order valence-corrected chi connectivity index (χ3v) is 6.47. The van der Waals surface area contributed by atoms with Crippen LogP contribution in [0.1, 0.15) is 17.0 Å². The van der Waals surface area contributed by atoms with E-state index in [1.165, 1.54) is 0 Å². The number of nitrogens with zero attached hydrogens (tertiary/aromatic N) is 4. The number of carbonyl (C=O) groups is 1. The molecule has 1 aliphatic heterocycles. The van der Waals surface area contributed by atoms with E-state index in [0.717, 1.165) is 41.3 Å². The number of rotatable bonds is 5. The van der Waals surface area contributed by atoms with Crippen molar-refractivity contribution in [1.29, 1.82) is 0 Å². The molecular weight excluding hydrogens is 444 g/mol. The van der Waals surface area contributed by atoms with Crippen molar-refractivity contribution >= 4 is 23.3 Å². The van der Waals surface area contributed by atoms with Gasteiger partial charge in [-0.25, -0.2) is 0 Å². The summed E-state index contributed by atoms with van der Waals surface area (Å²) in [6.45, 7) is 2.74. The van der Waals surface area contributed by atoms with Gasteiger partial charge in [0.25, 0.3) is 0 Å². The summed E-state index contributed by atoms with van der Waals surface area (Å²) in [5.74, 6) is 0.668. The molecule has 0 bridgehead atoms. The van der Waals surface area contributed by atoms with Crippen LogP contribution in [0.15, 0.2) is 97.1 Å². The predicted octanol–water partition coefficient (Wildman–Crippen LogP) is 5.28. The normalized spacial score (nSPS) is 13.8. The van der Waals surface area contributed by atoms with Crippen LogP contribution in [0.4, 0.5) is 5.82 Å². The van der Waals surface area contributed by atoms with Gasteiger partial charge in [0.1, 0.15) is 0 Å². The molecule has 0 spiro atoms. The molecule has 0 atom stereocenters. The minimum atomic E-state index is -0.299. The first-order valence-electron chi connectivity index (χ1n) is 11.4. The van der Waals surface area contributed by atoms with Gasteiger partial charge in [0.2, 0.25) is 5.91 Å². The van der Waals surface area contributed by atoms with Gasteiger partial charge < -0.3 is 9.80 Å². The van der Waals surface area contributed by atoms with Crippen molar-refractivity contribution in [2.24, 2.45) is 0 Å². The SMILES string of the molecule is O=C(C(c1ccccc1)c1ccccc1)N1CCN(c2ccc(-c3ccc(Cl)cc3)nn2)CC1. The van der Waals surface area contributed by atoms with Gasteiger partial charge in [-0.3, -0.25) is 4.79 Å². The van der Waals surface area contributed by atoms with Gasteiger partial charge in [-0.05, 0) is 35.4 Å². The highest BCUT2D eigenvalue weighted by Crippen LogP contribution is 2.28. The van der Waals surface area contributed by atoms with E-state index >= 15 is 0 Å². The zero-order valence-corrected chi connectivity index (χ0v) is 19.5. The summed E-state index contributed by atoms with van der Waals surface area (Å²) in [6.07, 6.45) is 0. The third-order valence-electron chi connectivity index (χ3n) is 6.22. The molecule has 0 unspecified atom stereocenters. The molecule has 1 amide bonds. The average molecular weight is 469 g/mol. The number of amides is 1. The van der Waals surface area contributed by atoms with Crippen LogP contribution in [0.5, 0.6) is 0 Å². The first-order valence-corrected chi connectivity index (χ1v) is 11.8. The first-order chi connectivity index (χ1) is 16.7. The Morgan fingerprint density at radius 2 is 1.29 bits per heavy atom. The topological polar surface area (TPSA) is 49.3 Å². The Labute approximate surface area is 204 Å². The zero-order valence-electron chi connectivity index (χ0n) is 18.7. The van der Waals surface area contributed by atoms with Crippen LogP contribution in [-0.4, -0.2) is 47.2 Å². The van der Waals surface area contributed by atoms with Gasteiger partial charge in [-0.1, -0.05) is 84.4 Å². The summed E-state index contributed by atoms with van der Waals surface area (Å²) >= 11 is 5.98. The van der Waals surface area contributed by atoms with Crippen LogP contribution in [0.2, 0.25) is 5.02 Å². The first kappa shape index (κ1) is 22.1. The molecule has 0 N–H and O–H groups in total. The standard InChI is InChI=1S/C28H25ClN4O/c29-24-13-11-21(12-14-24)25-15-16-26(31-30-25)32-17-19-33(20-18-32)28(34)27(22-7-3-1-4-8-22)23-9-5-2-6-10-23/h1-16,27H,17-20H2. The maximum atomic E-state index is 13.6. The highest BCUT2D eigenvalue weighted by Gasteiger charge is 2.30. The van der Waals surface area contributed by atoms with E-state index in [9.17, 15) is 4.79 Å². The largest absolute Gasteiger partial charge is 0.352 e. The Bertz CT molecular complexity index is 1180. The second-order valence-electron chi connectivity index (χ2n) is 8.35. The predicted molar refractivity (Wildman–Crippen MR) is 136 cm³/mol. The smallest absolute Gasteiger partial charge is 0.234 e. The molecule has 5 rings (SSSR count). The Morgan fingerprint density at radius 1 is 0.706 bits per heavy atom. The van der Waals surface area contributed by atoms with Crippen molar-refractivity contribution < 1.29 is 4.79 Å². The van der Waals surface area contributed by atoms with Crippen LogP contribution >= 0.6 is 11.6 Å². The summed E-state index contributed by atoms with van der Waals surface area (Å²) in [4.78, 5) is 17.8. The van der Waals surface area contributed by atoms with Crippen molar-refractivity contribution in [1.82, 2.24) is 15.1 Å². The number of aromatic nitrogens is 2. The van der Waals surface area contributed by atoms with Crippen LogP contribution in [0.3, 0.4) is 0 Å². The molecule has 0 aliphatic carbocycles. The van der Waals surface area contributed by atoms with E-state index in [-0.39, 0.29) is 11.8 Å². The minimum Gasteiger partial charge on any atom is -0.352 e. The average Bonchev–Trinajstić information content (AvgIpc) is 2.91. The number of carbonyl (C=O) groups excluding carboxylic acids is 1. The zero-order chi connectivity index (χ0) is 23.3. The molecule has 1 aliphatic rings. The second kappa shape index (κ2) is 10.1. The number of benzene rings is 3.